The molecule has 5 heterocycles. The first kappa shape index (κ1) is 23.4. The Morgan fingerprint density at radius 1 is 1.00 bits per heavy atom. The maximum Gasteiger partial charge on any atom is 0.343 e. The van der Waals surface area contributed by atoms with E-state index in [-0.39, 0.29) is 24.1 Å². The van der Waals surface area contributed by atoms with Crippen LogP contribution in [0.4, 0.5) is 4.79 Å². The minimum atomic E-state index is -0.768. The van der Waals surface area contributed by atoms with Gasteiger partial charge in [0.25, 0.3) is 11.8 Å². The van der Waals surface area contributed by atoms with Gasteiger partial charge in [-0.2, -0.15) is 5.01 Å². The third kappa shape index (κ3) is 3.91. The number of nitrogens with one attached hydrogen (secondary N) is 1. The molecule has 0 bridgehead atoms. The molecule has 188 valence electrons. The Morgan fingerprint density at radius 2 is 1.81 bits per heavy atom. The number of carbonyl (C=O) groups is 4. The lowest BCUT2D eigenvalue weighted by Crippen LogP contribution is -2.58. The lowest BCUT2D eigenvalue weighted by molar-refractivity contribution is -0.122. The van der Waals surface area contributed by atoms with Crippen LogP contribution in [0, 0.1) is 13.8 Å². The number of hydrazine groups is 1. The molecule has 11 heteroatoms. The van der Waals surface area contributed by atoms with Crippen LogP contribution in [0.2, 0.25) is 0 Å². The van der Waals surface area contributed by atoms with Gasteiger partial charge in [-0.15, -0.1) is 11.3 Å². The quantitative estimate of drug-likeness (QED) is 0.530. The van der Waals surface area contributed by atoms with Gasteiger partial charge in [0.15, 0.2) is 0 Å². The van der Waals surface area contributed by atoms with Crippen molar-refractivity contribution in [3.05, 3.63) is 63.4 Å². The van der Waals surface area contributed by atoms with E-state index in [0.29, 0.717) is 6.54 Å². The van der Waals surface area contributed by atoms with Crippen LogP contribution < -0.4 is 5.32 Å². The standard InChI is InChI=1S/C26H24N6O4S/c1-14-15(2)37-23-21(14)22(27-13-28-23)17-5-8-30(9-6-17)12-16-3-4-18-19(11-16)25(35)32(24(18)34)31-10-7-20(33)29-26(31)36/h3-5,11,13H,6-10,12H2,1-2H3,(H,29,33,36). The number of amides is 5. The van der Waals surface area contributed by atoms with E-state index in [1.165, 1.54) is 16.0 Å². The van der Waals surface area contributed by atoms with Gasteiger partial charge in [0, 0.05) is 36.3 Å². The average molecular weight is 517 g/mol. The zero-order valence-electron chi connectivity index (χ0n) is 20.4. The summed E-state index contributed by atoms with van der Waals surface area (Å²) in [7, 11) is 0. The van der Waals surface area contributed by atoms with E-state index in [0.717, 1.165) is 51.0 Å². The molecule has 2 aromatic heterocycles. The summed E-state index contributed by atoms with van der Waals surface area (Å²) in [6.45, 7) is 6.40. The Kier molecular flexibility index (Phi) is 5.61. The molecule has 37 heavy (non-hydrogen) atoms. The number of rotatable bonds is 4. The van der Waals surface area contributed by atoms with Crippen LogP contribution in [0.1, 0.15) is 55.3 Å². The summed E-state index contributed by atoms with van der Waals surface area (Å²) in [6.07, 6.45) is 4.72. The van der Waals surface area contributed by atoms with E-state index in [4.69, 9.17) is 0 Å². The molecule has 3 aliphatic heterocycles. The van der Waals surface area contributed by atoms with Crippen molar-refractivity contribution in [3.8, 4) is 0 Å². The van der Waals surface area contributed by atoms with E-state index >= 15 is 0 Å². The molecule has 0 unspecified atom stereocenters. The van der Waals surface area contributed by atoms with Gasteiger partial charge < -0.3 is 0 Å². The molecule has 0 radical (unpaired) electrons. The molecule has 1 aromatic carbocycles. The molecule has 3 aromatic rings. The number of carbonyl (C=O) groups excluding carboxylic acids is 4. The fraction of sp³-hybridized carbons (Fsp3) is 0.308. The Morgan fingerprint density at radius 3 is 2.57 bits per heavy atom. The van der Waals surface area contributed by atoms with Gasteiger partial charge in [-0.3, -0.25) is 24.6 Å². The summed E-state index contributed by atoms with van der Waals surface area (Å²) < 4.78 is 0. The highest BCUT2D eigenvalue weighted by molar-refractivity contribution is 7.18. The number of hydrogen-bond acceptors (Lipinski definition) is 8. The van der Waals surface area contributed by atoms with E-state index in [9.17, 15) is 19.2 Å². The number of hydrogen-bond donors (Lipinski definition) is 1. The lowest BCUT2D eigenvalue weighted by atomic mass is 9.99. The van der Waals surface area contributed by atoms with Crippen molar-refractivity contribution in [2.75, 3.05) is 19.6 Å². The lowest BCUT2D eigenvalue weighted by Gasteiger charge is -2.32. The van der Waals surface area contributed by atoms with Gasteiger partial charge in [0.1, 0.15) is 11.2 Å². The molecule has 5 amide bonds. The van der Waals surface area contributed by atoms with Crippen molar-refractivity contribution in [3.63, 3.8) is 0 Å². The van der Waals surface area contributed by atoms with Gasteiger partial charge in [0.2, 0.25) is 5.91 Å². The zero-order chi connectivity index (χ0) is 25.8. The van der Waals surface area contributed by atoms with Gasteiger partial charge in [-0.05, 0) is 49.1 Å². The number of aromatic nitrogens is 2. The minimum Gasteiger partial charge on any atom is -0.295 e. The van der Waals surface area contributed by atoms with E-state index in [2.05, 4.69) is 40.1 Å². The fourth-order valence-electron chi connectivity index (χ4n) is 5.09. The van der Waals surface area contributed by atoms with Gasteiger partial charge in [0.05, 0.1) is 23.4 Å². The first-order chi connectivity index (χ1) is 17.8. The highest BCUT2D eigenvalue weighted by atomic mass is 32.1. The summed E-state index contributed by atoms with van der Waals surface area (Å²) in [4.78, 5) is 63.3. The Balaban J connectivity index is 1.18. The van der Waals surface area contributed by atoms with Crippen LogP contribution in [-0.2, 0) is 11.3 Å². The van der Waals surface area contributed by atoms with Crippen molar-refractivity contribution < 1.29 is 19.2 Å². The first-order valence-corrected chi connectivity index (χ1v) is 12.9. The largest absolute Gasteiger partial charge is 0.343 e. The molecule has 0 spiro atoms. The van der Waals surface area contributed by atoms with Gasteiger partial charge in [-0.1, -0.05) is 12.1 Å². The van der Waals surface area contributed by atoms with E-state index < -0.39 is 23.8 Å². The highest BCUT2D eigenvalue weighted by Gasteiger charge is 2.43. The predicted octanol–water partition coefficient (Wildman–Crippen LogP) is 3.05. The van der Waals surface area contributed by atoms with E-state index in [1.54, 1.807) is 29.8 Å². The van der Waals surface area contributed by atoms with Crippen LogP contribution in [-0.4, -0.2) is 68.3 Å². The molecule has 0 saturated carbocycles. The number of aryl methyl sites for hydroxylation is 2. The summed E-state index contributed by atoms with van der Waals surface area (Å²) in [5, 5.41) is 5.13. The van der Waals surface area contributed by atoms with Crippen LogP contribution in [0.3, 0.4) is 0 Å². The minimum absolute atomic E-state index is 0.0193. The van der Waals surface area contributed by atoms with Crippen molar-refractivity contribution in [1.82, 2.24) is 30.2 Å². The van der Waals surface area contributed by atoms with Crippen LogP contribution in [0.15, 0.2) is 30.6 Å². The molecule has 3 aliphatic rings. The first-order valence-electron chi connectivity index (χ1n) is 12.1. The van der Waals surface area contributed by atoms with Gasteiger partial charge >= 0.3 is 6.03 Å². The fourth-order valence-corrected chi connectivity index (χ4v) is 6.09. The van der Waals surface area contributed by atoms with Gasteiger partial charge in [-0.25, -0.2) is 19.8 Å². The number of urea groups is 1. The molecule has 6 rings (SSSR count). The third-order valence-electron chi connectivity index (χ3n) is 7.17. The van der Waals surface area contributed by atoms with Crippen molar-refractivity contribution >= 4 is 50.9 Å². The highest BCUT2D eigenvalue weighted by Crippen LogP contribution is 2.35. The molecule has 1 fully saturated rings. The van der Waals surface area contributed by atoms with E-state index in [1.807, 2.05) is 6.07 Å². The number of imide groups is 2. The number of fused-ring (bicyclic) bond motifs is 2. The summed E-state index contributed by atoms with van der Waals surface area (Å²) >= 11 is 1.69. The maximum atomic E-state index is 13.1. The maximum absolute atomic E-state index is 13.1. The second-order valence-corrected chi connectivity index (χ2v) is 10.6. The van der Waals surface area contributed by atoms with Crippen molar-refractivity contribution in [1.29, 1.82) is 0 Å². The molecular formula is C26H24N6O4S. The molecular weight excluding hydrogens is 492 g/mol. The second-order valence-electron chi connectivity index (χ2n) is 9.43. The molecule has 1 N–H and O–H groups in total. The number of nitrogens with zero attached hydrogens (tertiary/aromatic N) is 5. The molecule has 1 saturated heterocycles. The van der Waals surface area contributed by atoms with Crippen LogP contribution in [0.5, 0.6) is 0 Å². The van der Waals surface area contributed by atoms with Crippen molar-refractivity contribution in [2.24, 2.45) is 0 Å². The number of thiophene rings is 1. The summed E-state index contributed by atoms with van der Waals surface area (Å²) in [6, 6.07) is 4.45. The molecule has 0 aliphatic carbocycles. The zero-order valence-corrected chi connectivity index (χ0v) is 21.2. The van der Waals surface area contributed by atoms with Crippen molar-refractivity contribution in [2.45, 2.75) is 33.2 Å². The second kappa shape index (κ2) is 8.86. The average Bonchev–Trinajstić information content (AvgIpc) is 3.31. The monoisotopic (exact) mass is 516 g/mol. The summed E-state index contributed by atoms with van der Waals surface area (Å²) in [5.41, 5.74) is 4.90. The molecule has 0 atom stereocenters. The predicted molar refractivity (Wildman–Crippen MR) is 137 cm³/mol. The summed E-state index contributed by atoms with van der Waals surface area (Å²) in [5.74, 6) is -1.54. The Labute approximate surface area is 216 Å². The van der Waals surface area contributed by atoms with Crippen LogP contribution in [0.25, 0.3) is 15.8 Å². The SMILES string of the molecule is Cc1sc2ncnc(C3=CCN(Cc4ccc5c(c4)C(=O)N(N4CCC(=O)NC4=O)C5=O)CC3)c2c1C. The Bertz CT molecular complexity index is 1540. The normalized spacial score (nSPS) is 18.5. The van der Waals surface area contributed by atoms with Crippen LogP contribution >= 0.6 is 11.3 Å². The topological polar surface area (TPSA) is 116 Å². The number of benzene rings is 1. The smallest absolute Gasteiger partial charge is 0.295 e. The third-order valence-corrected chi connectivity index (χ3v) is 8.29. The Hall–Kier alpha value is -3.96. The molecule has 10 nitrogen and oxygen atoms in total.